The second-order valence-corrected chi connectivity index (χ2v) is 7.61. The van der Waals surface area contributed by atoms with Crippen LogP contribution < -0.4 is 5.32 Å². The third-order valence-electron chi connectivity index (χ3n) is 5.37. The van der Waals surface area contributed by atoms with E-state index in [0.717, 1.165) is 5.56 Å². The number of carboxylic acid groups (broad SMARTS) is 1. The van der Waals surface area contributed by atoms with Gasteiger partial charge in [-0.1, -0.05) is 0 Å². The summed E-state index contributed by atoms with van der Waals surface area (Å²) >= 11 is 0. The van der Waals surface area contributed by atoms with Gasteiger partial charge in [0.05, 0.1) is 17.9 Å². The summed E-state index contributed by atoms with van der Waals surface area (Å²) < 4.78 is 5.12. The van der Waals surface area contributed by atoms with Crippen LogP contribution in [0.2, 0.25) is 0 Å². The Morgan fingerprint density at radius 2 is 2.24 bits per heavy atom. The van der Waals surface area contributed by atoms with Crippen LogP contribution in [0.15, 0.2) is 23.0 Å². The third kappa shape index (κ3) is 3.66. The first-order valence-electron chi connectivity index (χ1n) is 8.93. The molecule has 2 amide bonds. The van der Waals surface area contributed by atoms with E-state index >= 15 is 0 Å². The smallest absolute Gasteiger partial charge is 0.317 e. The van der Waals surface area contributed by atoms with Gasteiger partial charge in [0, 0.05) is 50.2 Å². The zero-order valence-electron chi connectivity index (χ0n) is 14.9. The number of nitrogens with zero attached hydrogens (tertiary/aromatic N) is 2. The first kappa shape index (κ1) is 17.8. The van der Waals surface area contributed by atoms with Crippen molar-refractivity contribution in [3.05, 3.63) is 24.2 Å². The SMILES string of the molecule is CC(C)NC(=O)N1CCC[C@]2(C(=O)O)CN(Cc3ccoc3)C[C@@H]2C1. The molecular weight excluding hydrogens is 322 g/mol. The number of aliphatic carboxylic acids is 1. The van der Waals surface area contributed by atoms with Crippen molar-refractivity contribution in [3.8, 4) is 0 Å². The minimum atomic E-state index is -0.767. The molecule has 0 aromatic carbocycles. The van der Waals surface area contributed by atoms with Gasteiger partial charge in [0.15, 0.2) is 0 Å². The second kappa shape index (κ2) is 7.07. The van der Waals surface area contributed by atoms with Gasteiger partial charge in [-0.25, -0.2) is 4.79 Å². The molecule has 0 spiro atoms. The summed E-state index contributed by atoms with van der Waals surface area (Å²) in [5.41, 5.74) is 0.280. The summed E-state index contributed by atoms with van der Waals surface area (Å²) in [4.78, 5) is 28.5. The number of carboxylic acids is 1. The number of hydrogen-bond acceptors (Lipinski definition) is 4. The molecular formula is C18H27N3O4. The Kier molecular flexibility index (Phi) is 5.03. The normalized spacial score (nSPS) is 27.2. The Labute approximate surface area is 148 Å². The molecule has 2 aliphatic rings. The van der Waals surface area contributed by atoms with Crippen LogP contribution in [0.3, 0.4) is 0 Å². The van der Waals surface area contributed by atoms with Crippen LogP contribution in [-0.4, -0.2) is 59.1 Å². The lowest BCUT2D eigenvalue weighted by Gasteiger charge is -2.30. The van der Waals surface area contributed by atoms with Crippen molar-refractivity contribution in [2.75, 3.05) is 26.2 Å². The number of rotatable bonds is 4. The predicted molar refractivity (Wildman–Crippen MR) is 92.0 cm³/mol. The average Bonchev–Trinajstić information content (AvgIpc) is 3.11. The topological polar surface area (TPSA) is 86.0 Å². The van der Waals surface area contributed by atoms with E-state index in [2.05, 4.69) is 10.2 Å². The van der Waals surface area contributed by atoms with Gasteiger partial charge in [-0.15, -0.1) is 0 Å². The fourth-order valence-corrected chi connectivity index (χ4v) is 4.17. The van der Waals surface area contributed by atoms with Crippen molar-refractivity contribution in [1.29, 1.82) is 0 Å². The highest BCUT2D eigenvalue weighted by molar-refractivity contribution is 5.77. The lowest BCUT2D eigenvalue weighted by atomic mass is 9.75. The monoisotopic (exact) mass is 349 g/mol. The summed E-state index contributed by atoms with van der Waals surface area (Å²) in [6.45, 7) is 6.86. The molecule has 2 saturated heterocycles. The maximum Gasteiger partial charge on any atom is 0.317 e. The fourth-order valence-electron chi connectivity index (χ4n) is 4.17. The molecule has 138 valence electrons. The van der Waals surface area contributed by atoms with Gasteiger partial charge in [0.1, 0.15) is 0 Å². The van der Waals surface area contributed by atoms with Gasteiger partial charge in [0.25, 0.3) is 0 Å². The maximum absolute atomic E-state index is 12.4. The van der Waals surface area contributed by atoms with Gasteiger partial charge in [0.2, 0.25) is 0 Å². The molecule has 2 N–H and O–H groups in total. The summed E-state index contributed by atoms with van der Waals surface area (Å²) in [6, 6.07) is 1.88. The van der Waals surface area contributed by atoms with Crippen LogP contribution in [0.5, 0.6) is 0 Å². The Morgan fingerprint density at radius 3 is 2.88 bits per heavy atom. The molecule has 0 radical (unpaired) electrons. The number of amides is 2. The molecule has 0 bridgehead atoms. The van der Waals surface area contributed by atoms with E-state index in [1.165, 1.54) is 0 Å². The predicted octanol–water partition coefficient (Wildman–Crippen LogP) is 2.00. The van der Waals surface area contributed by atoms with E-state index in [0.29, 0.717) is 45.6 Å². The quantitative estimate of drug-likeness (QED) is 0.868. The van der Waals surface area contributed by atoms with E-state index in [9.17, 15) is 14.7 Å². The van der Waals surface area contributed by atoms with Crippen molar-refractivity contribution >= 4 is 12.0 Å². The summed E-state index contributed by atoms with van der Waals surface area (Å²) in [7, 11) is 0. The standard InChI is InChI=1S/C18H27N3O4/c1-13(2)19-17(24)21-6-3-5-18(16(22)23)12-20(9-15(18)10-21)8-14-4-7-25-11-14/h4,7,11,13,15H,3,5-6,8-10,12H2,1-2H3,(H,19,24)(H,22,23)/t15-,18+/m1/s1. The van der Waals surface area contributed by atoms with Gasteiger partial charge in [-0.2, -0.15) is 0 Å². The van der Waals surface area contributed by atoms with Crippen molar-refractivity contribution in [2.24, 2.45) is 11.3 Å². The molecule has 1 aromatic rings. The molecule has 2 atom stereocenters. The highest BCUT2D eigenvalue weighted by atomic mass is 16.4. The number of carbonyl (C=O) groups excluding carboxylic acids is 1. The minimum absolute atomic E-state index is 0.0580. The summed E-state index contributed by atoms with van der Waals surface area (Å²) in [6.07, 6.45) is 4.66. The first-order valence-corrected chi connectivity index (χ1v) is 8.93. The number of fused-ring (bicyclic) bond motifs is 1. The van der Waals surface area contributed by atoms with Gasteiger partial charge >= 0.3 is 12.0 Å². The average molecular weight is 349 g/mol. The van der Waals surface area contributed by atoms with E-state index in [4.69, 9.17) is 4.42 Å². The number of furan rings is 1. The van der Waals surface area contributed by atoms with E-state index in [1.54, 1.807) is 17.4 Å². The van der Waals surface area contributed by atoms with Gasteiger partial charge < -0.3 is 19.7 Å². The molecule has 2 aliphatic heterocycles. The zero-order chi connectivity index (χ0) is 18.0. The van der Waals surface area contributed by atoms with Crippen molar-refractivity contribution in [2.45, 2.75) is 39.3 Å². The van der Waals surface area contributed by atoms with Crippen LogP contribution in [0.25, 0.3) is 0 Å². The van der Waals surface area contributed by atoms with E-state index < -0.39 is 11.4 Å². The molecule has 0 unspecified atom stereocenters. The van der Waals surface area contributed by atoms with E-state index in [-0.39, 0.29) is 18.0 Å². The molecule has 3 rings (SSSR count). The number of hydrogen-bond donors (Lipinski definition) is 2. The minimum Gasteiger partial charge on any atom is -0.481 e. The number of carbonyl (C=O) groups is 2. The molecule has 25 heavy (non-hydrogen) atoms. The molecule has 2 fully saturated rings. The zero-order valence-corrected chi connectivity index (χ0v) is 14.9. The second-order valence-electron chi connectivity index (χ2n) is 7.61. The van der Waals surface area contributed by atoms with Crippen LogP contribution in [0.1, 0.15) is 32.3 Å². The molecule has 0 saturated carbocycles. The van der Waals surface area contributed by atoms with Crippen LogP contribution in [-0.2, 0) is 11.3 Å². The van der Waals surface area contributed by atoms with Gasteiger partial charge in [-0.3, -0.25) is 9.69 Å². The Balaban J connectivity index is 1.75. The lowest BCUT2D eigenvalue weighted by molar-refractivity contribution is -0.151. The number of likely N-dealkylation sites (tertiary alicyclic amines) is 2. The van der Waals surface area contributed by atoms with Crippen molar-refractivity contribution in [3.63, 3.8) is 0 Å². The Morgan fingerprint density at radius 1 is 1.44 bits per heavy atom. The summed E-state index contributed by atoms with van der Waals surface area (Å²) in [5.74, 6) is -0.796. The highest BCUT2D eigenvalue weighted by Crippen LogP contribution is 2.43. The van der Waals surface area contributed by atoms with Crippen molar-refractivity contribution < 1.29 is 19.1 Å². The highest BCUT2D eigenvalue weighted by Gasteiger charge is 2.53. The molecule has 7 nitrogen and oxygen atoms in total. The molecule has 3 heterocycles. The Bertz CT molecular complexity index is 616. The maximum atomic E-state index is 12.4. The molecule has 7 heteroatoms. The van der Waals surface area contributed by atoms with Crippen molar-refractivity contribution in [1.82, 2.24) is 15.1 Å². The number of nitrogens with one attached hydrogen (secondary N) is 1. The van der Waals surface area contributed by atoms with Crippen LogP contribution in [0.4, 0.5) is 4.79 Å². The first-order chi connectivity index (χ1) is 11.9. The molecule has 1 aromatic heterocycles. The van der Waals surface area contributed by atoms with Crippen LogP contribution in [0, 0.1) is 11.3 Å². The lowest BCUT2D eigenvalue weighted by Crippen LogP contribution is -2.47. The third-order valence-corrected chi connectivity index (χ3v) is 5.37. The summed E-state index contributed by atoms with van der Waals surface area (Å²) in [5, 5.41) is 12.9. The van der Waals surface area contributed by atoms with E-state index in [1.807, 2.05) is 19.9 Å². The number of urea groups is 1. The van der Waals surface area contributed by atoms with Crippen LogP contribution >= 0.6 is 0 Å². The fraction of sp³-hybridized carbons (Fsp3) is 0.667. The largest absolute Gasteiger partial charge is 0.481 e. The Hall–Kier alpha value is -2.02. The molecule has 0 aliphatic carbocycles. The van der Waals surface area contributed by atoms with Gasteiger partial charge in [-0.05, 0) is 32.8 Å².